The number of methoxy groups -OCH3 is 2. The number of halogens is 4. The zero-order valence-corrected chi connectivity index (χ0v) is 38.0. The maximum Gasteiger partial charge on any atom is 0.246 e. The average molecular weight is 939 g/mol. The maximum absolute atomic E-state index is 6.25. The van der Waals surface area contributed by atoms with Crippen molar-refractivity contribution in [2.45, 2.75) is 63.5 Å². The number of benzene rings is 4. The molecule has 2 aliphatic rings. The Morgan fingerprint density at radius 2 is 1.02 bits per heavy atom. The van der Waals surface area contributed by atoms with E-state index in [1.807, 2.05) is 91.3 Å². The highest BCUT2D eigenvalue weighted by Gasteiger charge is 2.26. The highest BCUT2D eigenvalue weighted by Crippen LogP contribution is 2.36. The van der Waals surface area contributed by atoms with Gasteiger partial charge >= 0.3 is 0 Å². The molecule has 0 aliphatic carbocycles. The lowest BCUT2D eigenvalue weighted by atomic mass is 9.94. The smallest absolute Gasteiger partial charge is 0.246 e. The lowest BCUT2D eigenvalue weighted by Crippen LogP contribution is -2.08. The van der Waals surface area contributed by atoms with Crippen LogP contribution in [0, 0.1) is 0 Å². The first-order valence-electron chi connectivity index (χ1n) is 20.9. The highest BCUT2D eigenvalue weighted by atomic mass is 35.5. The Hall–Kier alpha value is -6.06. The van der Waals surface area contributed by atoms with E-state index < -0.39 is 0 Å². The molecule has 2 N–H and O–H groups in total. The van der Waals surface area contributed by atoms with Crippen LogP contribution in [-0.2, 0) is 13.1 Å². The van der Waals surface area contributed by atoms with Crippen LogP contribution in [0.1, 0.15) is 73.1 Å². The van der Waals surface area contributed by atoms with Crippen LogP contribution in [0.2, 0.25) is 20.4 Å². The fraction of sp³-hybridized carbons (Fsp3) is 0.261. The van der Waals surface area contributed by atoms with Crippen LogP contribution >= 0.6 is 46.4 Å². The largest absolute Gasteiger partial charge is 0.494 e. The van der Waals surface area contributed by atoms with Crippen LogP contribution in [-0.4, -0.2) is 62.9 Å². The Morgan fingerprint density at radius 3 is 1.41 bits per heavy atom. The summed E-state index contributed by atoms with van der Waals surface area (Å²) in [6.45, 7) is 1.70. The number of hydrogen-bond acceptors (Lipinski definition) is 10. The first-order chi connectivity index (χ1) is 31.2. The van der Waals surface area contributed by atoms with E-state index in [9.17, 15) is 0 Å². The third kappa shape index (κ3) is 9.70. The summed E-state index contributed by atoms with van der Waals surface area (Å²) in [4.78, 5) is 17.8. The van der Waals surface area contributed by atoms with Crippen LogP contribution in [0.5, 0.6) is 11.5 Å². The van der Waals surface area contributed by atoms with Crippen molar-refractivity contribution in [3.8, 4) is 22.9 Å². The second kappa shape index (κ2) is 19.4. The van der Waals surface area contributed by atoms with E-state index in [1.165, 1.54) is 11.1 Å². The minimum atomic E-state index is 0.169. The molecule has 14 nitrogen and oxygen atoms in total. The van der Waals surface area contributed by atoms with Gasteiger partial charge in [0.2, 0.25) is 11.9 Å². The molecule has 8 aromatic rings. The number of fused-ring (bicyclic) bond motifs is 2. The van der Waals surface area contributed by atoms with Crippen molar-refractivity contribution in [1.82, 2.24) is 48.6 Å². The number of aryl methyl sites for hydroxylation is 2. The molecule has 2 aliphatic heterocycles. The van der Waals surface area contributed by atoms with Crippen LogP contribution < -0.4 is 20.1 Å². The van der Waals surface area contributed by atoms with Crippen molar-refractivity contribution < 1.29 is 9.47 Å². The SMILES string of the molecule is COc1cc(Nc2nc3n(n2)CCCC[C@@H]3c2cccc(Cl)c2)ccc1-n1cnc(Cl)c1.COc1cc(Nc2nc3n(n2)CCCC[C@H]3c2cccc(Cl)c2)ccc1-n1cnc(Cl)c1. The molecule has 64 heavy (non-hydrogen) atoms. The van der Waals surface area contributed by atoms with Gasteiger partial charge in [-0.2, -0.15) is 9.97 Å². The van der Waals surface area contributed by atoms with Gasteiger partial charge in [0, 0.05) is 70.9 Å². The first-order valence-corrected chi connectivity index (χ1v) is 22.4. The Labute approximate surface area is 390 Å². The van der Waals surface area contributed by atoms with Crippen molar-refractivity contribution in [2.24, 2.45) is 0 Å². The van der Waals surface area contributed by atoms with Gasteiger partial charge in [-0.15, -0.1) is 10.2 Å². The van der Waals surface area contributed by atoms with Gasteiger partial charge in [-0.05, 0) is 85.3 Å². The summed E-state index contributed by atoms with van der Waals surface area (Å²) in [5.41, 5.74) is 5.68. The van der Waals surface area contributed by atoms with Gasteiger partial charge in [0.25, 0.3) is 0 Å². The molecule has 2 atom stereocenters. The van der Waals surface area contributed by atoms with E-state index in [4.69, 9.17) is 76.0 Å². The molecule has 0 bridgehead atoms. The second-order valence-electron chi connectivity index (χ2n) is 15.5. The summed E-state index contributed by atoms with van der Waals surface area (Å²) in [5.74, 6) is 4.75. The van der Waals surface area contributed by atoms with E-state index in [0.29, 0.717) is 33.7 Å². The molecule has 0 amide bonds. The average Bonchev–Trinajstić information content (AvgIpc) is 4.07. The molecule has 0 saturated heterocycles. The molecule has 10 rings (SSSR count). The van der Waals surface area contributed by atoms with Gasteiger partial charge in [-0.25, -0.2) is 19.3 Å². The van der Waals surface area contributed by atoms with E-state index >= 15 is 0 Å². The molecular weight excluding hydrogens is 894 g/mol. The molecule has 0 saturated carbocycles. The van der Waals surface area contributed by atoms with Gasteiger partial charge in [0.05, 0.1) is 25.6 Å². The minimum absolute atomic E-state index is 0.169. The van der Waals surface area contributed by atoms with Crippen LogP contribution in [0.15, 0.2) is 110 Å². The molecule has 4 aromatic heterocycles. The Kier molecular flexibility index (Phi) is 13.1. The highest BCUT2D eigenvalue weighted by molar-refractivity contribution is 6.31. The van der Waals surface area contributed by atoms with Crippen molar-refractivity contribution >= 4 is 69.7 Å². The second-order valence-corrected chi connectivity index (χ2v) is 17.1. The third-order valence-corrected chi connectivity index (χ3v) is 12.1. The normalized spacial score (nSPS) is 15.8. The van der Waals surface area contributed by atoms with Crippen molar-refractivity contribution in [2.75, 3.05) is 24.9 Å². The Bertz CT molecular complexity index is 2700. The summed E-state index contributed by atoms with van der Waals surface area (Å²) < 4.78 is 18.8. The van der Waals surface area contributed by atoms with E-state index in [1.54, 1.807) is 39.3 Å². The summed E-state index contributed by atoms with van der Waals surface area (Å²) in [6, 6.07) is 27.6. The van der Waals surface area contributed by atoms with Crippen molar-refractivity contribution in [3.05, 3.63) is 153 Å². The predicted octanol–water partition coefficient (Wildman–Crippen LogP) is 11.7. The maximum atomic E-state index is 6.25. The zero-order chi connectivity index (χ0) is 44.2. The number of imidazole rings is 2. The van der Waals surface area contributed by atoms with Crippen molar-refractivity contribution in [1.29, 1.82) is 0 Å². The van der Waals surface area contributed by atoms with Gasteiger partial charge < -0.3 is 29.2 Å². The first kappa shape index (κ1) is 43.2. The summed E-state index contributed by atoms with van der Waals surface area (Å²) in [7, 11) is 3.27. The van der Waals surface area contributed by atoms with Crippen LogP contribution in [0.4, 0.5) is 23.3 Å². The molecule has 0 unspecified atom stereocenters. The topological polar surface area (TPSA) is 140 Å². The van der Waals surface area contributed by atoms with Gasteiger partial charge in [0.15, 0.2) is 0 Å². The number of ether oxygens (including phenoxy) is 2. The lowest BCUT2D eigenvalue weighted by Gasteiger charge is -2.14. The van der Waals surface area contributed by atoms with Crippen LogP contribution in [0.3, 0.4) is 0 Å². The zero-order valence-electron chi connectivity index (χ0n) is 35.0. The fourth-order valence-corrected chi connectivity index (χ4v) is 8.97. The van der Waals surface area contributed by atoms with Gasteiger partial charge in [-0.3, -0.25) is 0 Å². The molecule has 0 fully saturated rings. The summed E-state index contributed by atoms with van der Waals surface area (Å²) >= 11 is 24.4. The lowest BCUT2D eigenvalue weighted by molar-refractivity contribution is 0.413. The van der Waals surface area contributed by atoms with Gasteiger partial charge in [-0.1, -0.05) is 83.5 Å². The molecule has 18 heteroatoms. The Balaban J connectivity index is 0.000000162. The standard InChI is InChI=1S/2C23H22Cl2N6O/c2*1-32-20-12-17(8-9-19(20)30-13-21(25)26-14-30)27-23-28-22-18(7-2-3-10-31(22)29-23)15-5-4-6-16(24)11-15/h2*4-6,8-9,11-14,18H,2-3,7,10H2,1H3,(H,27,29)/t2*18-/m10/s1. The number of nitrogens with zero attached hydrogens (tertiary/aromatic N) is 10. The summed E-state index contributed by atoms with van der Waals surface area (Å²) in [6.07, 6.45) is 13.2. The molecule has 0 spiro atoms. The monoisotopic (exact) mass is 936 g/mol. The summed E-state index contributed by atoms with van der Waals surface area (Å²) in [5, 5.41) is 18.4. The quantitative estimate of drug-likeness (QED) is 0.136. The number of rotatable bonds is 10. The van der Waals surface area contributed by atoms with E-state index in [-0.39, 0.29) is 11.8 Å². The van der Waals surface area contributed by atoms with E-state index in [0.717, 1.165) is 96.1 Å². The third-order valence-electron chi connectivity index (χ3n) is 11.3. The predicted molar refractivity (Wildman–Crippen MR) is 251 cm³/mol. The molecule has 0 radical (unpaired) electrons. The fourth-order valence-electron chi connectivity index (χ4n) is 8.27. The molecule has 4 aromatic carbocycles. The number of anilines is 4. The molecule has 6 heterocycles. The minimum Gasteiger partial charge on any atom is -0.494 e. The van der Waals surface area contributed by atoms with E-state index in [2.05, 4.69) is 32.7 Å². The van der Waals surface area contributed by atoms with Crippen molar-refractivity contribution in [3.63, 3.8) is 0 Å². The number of aromatic nitrogens is 10. The molecular formula is C46H44Cl4N12O2. The Morgan fingerprint density at radius 1 is 0.562 bits per heavy atom. The number of hydrogen-bond donors (Lipinski definition) is 2. The van der Waals surface area contributed by atoms with Gasteiger partial charge in [0.1, 0.15) is 46.1 Å². The number of nitrogens with one attached hydrogen (secondary N) is 2. The van der Waals surface area contributed by atoms with Crippen LogP contribution in [0.25, 0.3) is 11.4 Å². The molecule has 328 valence electrons.